The maximum Gasteiger partial charge on any atom is 0.270 e. The molecule has 0 unspecified atom stereocenters. The topological polar surface area (TPSA) is 87.3 Å². The number of hydrogen-bond donors (Lipinski definition) is 0. The lowest BCUT2D eigenvalue weighted by atomic mass is 10.1. The molecule has 0 atom stereocenters. The maximum absolute atomic E-state index is 12.5. The quantitative estimate of drug-likeness (QED) is 0.385. The van der Waals surface area contributed by atoms with Crippen LogP contribution >= 0.6 is 0 Å². The molecule has 7 nitrogen and oxygen atoms in total. The van der Waals surface area contributed by atoms with E-state index in [-0.39, 0.29) is 16.6 Å². The summed E-state index contributed by atoms with van der Waals surface area (Å²) in [5.74, 6) is 0.808. The smallest absolute Gasteiger partial charge is 0.270 e. The zero-order chi connectivity index (χ0) is 18.7. The predicted octanol–water partition coefficient (Wildman–Crippen LogP) is 3.39. The van der Waals surface area contributed by atoms with Gasteiger partial charge in [-0.05, 0) is 49.6 Å². The number of benzene rings is 2. The Hall–Kier alpha value is -3.22. The van der Waals surface area contributed by atoms with Gasteiger partial charge in [-0.25, -0.2) is 4.98 Å². The van der Waals surface area contributed by atoms with Gasteiger partial charge in [0.2, 0.25) is 0 Å². The monoisotopic (exact) mass is 353 g/mol. The zero-order valence-electron chi connectivity index (χ0n) is 14.6. The SMILES string of the molecule is Cc1cc(C)cc(OCCCn2cnc3ccc([N+](=O)[O-])cc3c2=O)c1. The van der Waals surface area contributed by atoms with Crippen molar-refractivity contribution in [3.05, 3.63) is 74.3 Å². The van der Waals surface area contributed by atoms with E-state index in [1.54, 1.807) is 0 Å². The van der Waals surface area contributed by atoms with E-state index < -0.39 is 4.92 Å². The molecule has 0 saturated carbocycles. The highest BCUT2D eigenvalue weighted by atomic mass is 16.6. The van der Waals surface area contributed by atoms with E-state index in [4.69, 9.17) is 4.74 Å². The van der Waals surface area contributed by atoms with Crippen molar-refractivity contribution in [1.29, 1.82) is 0 Å². The third-order valence-electron chi connectivity index (χ3n) is 4.03. The van der Waals surface area contributed by atoms with Crippen molar-refractivity contribution in [1.82, 2.24) is 9.55 Å². The largest absolute Gasteiger partial charge is 0.494 e. The second kappa shape index (κ2) is 7.35. The fourth-order valence-electron chi connectivity index (χ4n) is 2.86. The number of nitro benzene ring substituents is 1. The van der Waals surface area contributed by atoms with E-state index in [9.17, 15) is 14.9 Å². The second-order valence-electron chi connectivity index (χ2n) is 6.23. The molecule has 0 N–H and O–H groups in total. The Bertz CT molecular complexity index is 1010. The Morgan fingerprint density at radius 2 is 1.88 bits per heavy atom. The van der Waals surface area contributed by atoms with Crippen molar-refractivity contribution in [2.45, 2.75) is 26.8 Å². The fourth-order valence-corrected chi connectivity index (χ4v) is 2.86. The first-order chi connectivity index (χ1) is 12.4. The Kier molecular flexibility index (Phi) is 4.97. The minimum atomic E-state index is -0.520. The molecule has 3 rings (SSSR count). The molecular weight excluding hydrogens is 334 g/mol. The van der Waals surface area contributed by atoms with Crippen molar-refractivity contribution in [2.75, 3.05) is 6.61 Å². The van der Waals surface area contributed by atoms with Gasteiger partial charge in [-0.2, -0.15) is 0 Å². The van der Waals surface area contributed by atoms with Crippen molar-refractivity contribution in [3.8, 4) is 5.75 Å². The van der Waals surface area contributed by atoms with Crippen LogP contribution in [0.15, 0.2) is 47.5 Å². The van der Waals surface area contributed by atoms with Gasteiger partial charge in [0.1, 0.15) is 5.75 Å². The van der Waals surface area contributed by atoms with Gasteiger partial charge in [0.05, 0.1) is 28.8 Å². The molecule has 134 valence electrons. The van der Waals surface area contributed by atoms with E-state index in [1.807, 2.05) is 26.0 Å². The predicted molar refractivity (Wildman–Crippen MR) is 98.7 cm³/mol. The molecule has 3 aromatic rings. The first kappa shape index (κ1) is 17.6. The molecule has 0 aliphatic heterocycles. The fraction of sp³-hybridized carbons (Fsp3) is 0.263. The third kappa shape index (κ3) is 3.88. The normalized spacial score (nSPS) is 10.8. The summed E-state index contributed by atoms with van der Waals surface area (Å²) in [4.78, 5) is 27.1. The Balaban J connectivity index is 1.69. The standard InChI is InChI=1S/C19H19N3O4/c1-13-8-14(2)10-16(9-13)26-7-3-6-21-12-20-18-5-4-15(22(24)25)11-17(18)19(21)23/h4-5,8-12H,3,6-7H2,1-2H3. The molecule has 1 aromatic heterocycles. The van der Waals surface area contributed by atoms with Crippen LogP contribution in [0.3, 0.4) is 0 Å². The van der Waals surface area contributed by atoms with Gasteiger partial charge in [0.25, 0.3) is 11.2 Å². The second-order valence-corrected chi connectivity index (χ2v) is 6.23. The lowest BCUT2D eigenvalue weighted by molar-refractivity contribution is -0.384. The van der Waals surface area contributed by atoms with Crippen LogP contribution in [0.25, 0.3) is 10.9 Å². The maximum atomic E-state index is 12.5. The molecule has 0 amide bonds. The number of aryl methyl sites for hydroxylation is 3. The van der Waals surface area contributed by atoms with Crippen molar-refractivity contribution in [2.24, 2.45) is 0 Å². The summed E-state index contributed by atoms with van der Waals surface area (Å²) in [6.07, 6.45) is 2.09. The molecule has 0 spiro atoms. The van der Waals surface area contributed by atoms with Gasteiger partial charge >= 0.3 is 0 Å². The number of ether oxygens (including phenoxy) is 1. The number of non-ortho nitro benzene ring substituents is 1. The first-order valence-corrected chi connectivity index (χ1v) is 8.29. The van der Waals surface area contributed by atoms with Crippen LogP contribution in [0, 0.1) is 24.0 Å². The van der Waals surface area contributed by atoms with Crippen molar-refractivity contribution >= 4 is 16.6 Å². The zero-order valence-corrected chi connectivity index (χ0v) is 14.6. The minimum Gasteiger partial charge on any atom is -0.494 e. The highest BCUT2D eigenvalue weighted by Crippen LogP contribution is 2.17. The van der Waals surface area contributed by atoms with E-state index >= 15 is 0 Å². The number of hydrogen-bond acceptors (Lipinski definition) is 5. The molecule has 0 radical (unpaired) electrons. The lowest BCUT2D eigenvalue weighted by Gasteiger charge is -2.09. The minimum absolute atomic E-state index is 0.118. The van der Waals surface area contributed by atoms with Crippen LogP contribution in [0.4, 0.5) is 5.69 Å². The molecule has 1 heterocycles. The Morgan fingerprint density at radius 3 is 2.58 bits per heavy atom. The molecule has 26 heavy (non-hydrogen) atoms. The Labute approximate surface area is 150 Å². The molecular formula is C19H19N3O4. The van der Waals surface area contributed by atoms with Crippen LogP contribution in [0.2, 0.25) is 0 Å². The van der Waals surface area contributed by atoms with E-state index in [0.717, 1.165) is 16.9 Å². The molecule has 0 aliphatic rings. The van der Waals surface area contributed by atoms with E-state index in [1.165, 1.54) is 29.1 Å². The van der Waals surface area contributed by atoms with Crippen LogP contribution in [-0.2, 0) is 6.54 Å². The Morgan fingerprint density at radius 1 is 1.15 bits per heavy atom. The van der Waals surface area contributed by atoms with Gasteiger partial charge in [-0.3, -0.25) is 19.5 Å². The summed E-state index contributed by atoms with van der Waals surface area (Å²) in [6, 6.07) is 10.1. The highest BCUT2D eigenvalue weighted by molar-refractivity contribution is 5.79. The third-order valence-corrected chi connectivity index (χ3v) is 4.03. The van der Waals surface area contributed by atoms with Gasteiger partial charge < -0.3 is 4.74 Å². The van der Waals surface area contributed by atoms with Crippen LogP contribution in [0.1, 0.15) is 17.5 Å². The number of nitrogens with zero attached hydrogens (tertiary/aromatic N) is 3. The van der Waals surface area contributed by atoms with Gasteiger partial charge in [0, 0.05) is 18.7 Å². The van der Waals surface area contributed by atoms with Crippen LogP contribution in [0.5, 0.6) is 5.75 Å². The van der Waals surface area contributed by atoms with E-state index in [2.05, 4.69) is 11.1 Å². The first-order valence-electron chi connectivity index (χ1n) is 8.29. The molecule has 0 bridgehead atoms. The number of fused-ring (bicyclic) bond motifs is 1. The van der Waals surface area contributed by atoms with Crippen LogP contribution in [-0.4, -0.2) is 21.1 Å². The number of nitro groups is 1. The number of rotatable bonds is 6. The molecule has 2 aromatic carbocycles. The molecule has 0 saturated heterocycles. The summed E-state index contributed by atoms with van der Waals surface area (Å²) in [5.41, 5.74) is 2.31. The molecule has 7 heteroatoms. The van der Waals surface area contributed by atoms with Crippen molar-refractivity contribution in [3.63, 3.8) is 0 Å². The van der Waals surface area contributed by atoms with Gasteiger partial charge in [-0.15, -0.1) is 0 Å². The van der Waals surface area contributed by atoms with Crippen LogP contribution < -0.4 is 10.3 Å². The summed E-state index contributed by atoms with van der Waals surface area (Å²) in [6.45, 7) is 4.91. The molecule has 0 fully saturated rings. The van der Waals surface area contributed by atoms with Gasteiger partial charge in [-0.1, -0.05) is 6.07 Å². The number of aromatic nitrogens is 2. The average Bonchev–Trinajstić information content (AvgIpc) is 2.59. The lowest BCUT2D eigenvalue weighted by Crippen LogP contribution is -2.21. The van der Waals surface area contributed by atoms with Gasteiger partial charge in [0.15, 0.2) is 0 Å². The highest BCUT2D eigenvalue weighted by Gasteiger charge is 2.10. The molecule has 0 aliphatic carbocycles. The average molecular weight is 353 g/mol. The summed E-state index contributed by atoms with van der Waals surface area (Å²) >= 11 is 0. The van der Waals surface area contributed by atoms with E-state index in [0.29, 0.717) is 25.1 Å². The summed E-state index contributed by atoms with van der Waals surface area (Å²) in [5, 5.41) is 11.1. The van der Waals surface area contributed by atoms with Crippen molar-refractivity contribution < 1.29 is 9.66 Å². The summed E-state index contributed by atoms with van der Waals surface area (Å²) < 4.78 is 7.20. The summed E-state index contributed by atoms with van der Waals surface area (Å²) in [7, 11) is 0.